The Labute approximate surface area is 207 Å². The smallest absolute Gasteiger partial charge is 0.486 e. The number of carbonyl (C=O) groups excluding carboxylic acids is 1. The SMILES string of the molecule is CCCCCCCCCCCCCCCCOC(=O)c1ccc(OCC)c([N+]#N)c1.F[B-](F)(F)F. The molecule has 200 valence electrons. The summed E-state index contributed by atoms with van der Waals surface area (Å²) in [5.41, 5.74) is 0.611. The van der Waals surface area contributed by atoms with Crippen molar-refractivity contribution >= 4 is 18.9 Å². The number of unbranched alkanes of at least 4 members (excludes halogenated alkanes) is 13. The fourth-order valence-electron chi connectivity index (χ4n) is 3.54. The number of benzene rings is 1. The second-order valence-electron chi connectivity index (χ2n) is 8.44. The van der Waals surface area contributed by atoms with Crippen LogP contribution in [0.4, 0.5) is 23.0 Å². The van der Waals surface area contributed by atoms with Crippen molar-refractivity contribution in [3.8, 4) is 5.75 Å². The van der Waals surface area contributed by atoms with Gasteiger partial charge in [-0.05, 0) is 25.5 Å². The molecule has 1 aromatic carbocycles. The largest absolute Gasteiger partial charge is 0.673 e. The van der Waals surface area contributed by atoms with E-state index < -0.39 is 13.2 Å². The Hall–Kier alpha value is -2.31. The fourth-order valence-corrected chi connectivity index (χ4v) is 3.54. The van der Waals surface area contributed by atoms with Gasteiger partial charge in [-0.3, -0.25) is 0 Å². The summed E-state index contributed by atoms with van der Waals surface area (Å²) >= 11 is 0. The quantitative estimate of drug-likeness (QED) is 0.0657. The highest BCUT2D eigenvalue weighted by molar-refractivity contribution is 6.50. The average Bonchev–Trinajstić information content (AvgIpc) is 2.80. The predicted molar refractivity (Wildman–Crippen MR) is 133 cm³/mol. The topological polar surface area (TPSA) is 63.7 Å². The number of diazo groups is 1. The third-order valence-corrected chi connectivity index (χ3v) is 5.33. The molecule has 10 heteroatoms. The number of carbonyl (C=O) groups is 1. The summed E-state index contributed by atoms with van der Waals surface area (Å²) in [7, 11) is -6.00. The van der Waals surface area contributed by atoms with Crippen LogP contribution in [0, 0.1) is 5.39 Å². The molecule has 1 aromatic rings. The van der Waals surface area contributed by atoms with Gasteiger partial charge in [0.25, 0.3) is 0 Å². The van der Waals surface area contributed by atoms with Crippen molar-refractivity contribution in [3.63, 3.8) is 0 Å². The van der Waals surface area contributed by atoms with E-state index in [9.17, 15) is 22.1 Å². The molecule has 0 aromatic heterocycles. The van der Waals surface area contributed by atoms with Gasteiger partial charge in [-0.25, -0.2) is 4.79 Å². The van der Waals surface area contributed by atoms with Gasteiger partial charge in [0.05, 0.1) is 24.8 Å². The van der Waals surface area contributed by atoms with E-state index in [4.69, 9.17) is 14.9 Å². The predicted octanol–water partition coefficient (Wildman–Crippen LogP) is 9.51. The van der Waals surface area contributed by atoms with Crippen LogP contribution in [-0.4, -0.2) is 26.4 Å². The summed E-state index contributed by atoms with van der Waals surface area (Å²) in [5.74, 6) is 0.0566. The lowest BCUT2D eigenvalue weighted by Gasteiger charge is -2.06. The van der Waals surface area contributed by atoms with Crippen molar-refractivity contribution in [2.24, 2.45) is 0 Å². The molecule has 0 N–H and O–H groups in total. The van der Waals surface area contributed by atoms with E-state index in [-0.39, 0.29) is 5.69 Å². The summed E-state index contributed by atoms with van der Waals surface area (Å²) in [5, 5.41) is 9.06. The number of esters is 1. The second-order valence-corrected chi connectivity index (χ2v) is 8.44. The Morgan fingerprint density at radius 3 is 1.71 bits per heavy atom. The molecule has 0 saturated heterocycles. The van der Waals surface area contributed by atoms with Gasteiger partial charge in [0.15, 0.2) is 4.98 Å². The van der Waals surface area contributed by atoms with Crippen LogP contribution in [0.25, 0.3) is 4.98 Å². The van der Waals surface area contributed by atoms with E-state index in [2.05, 4.69) is 11.9 Å². The molecule has 0 bridgehead atoms. The van der Waals surface area contributed by atoms with Crippen LogP contribution in [0.15, 0.2) is 18.2 Å². The first-order valence-electron chi connectivity index (χ1n) is 12.9. The van der Waals surface area contributed by atoms with Gasteiger partial charge in [0, 0.05) is 0 Å². The van der Waals surface area contributed by atoms with Crippen LogP contribution in [0.2, 0.25) is 0 Å². The van der Waals surface area contributed by atoms with Crippen LogP contribution in [0.1, 0.15) is 114 Å². The number of hydrogen-bond donors (Lipinski definition) is 0. The zero-order chi connectivity index (χ0) is 26.4. The highest BCUT2D eigenvalue weighted by Gasteiger charge is 2.21. The monoisotopic (exact) mass is 504 g/mol. The zero-order valence-corrected chi connectivity index (χ0v) is 21.3. The Morgan fingerprint density at radius 2 is 1.29 bits per heavy atom. The maximum Gasteiger partial charge on any atom is 0.673 e. The molecule has 1 rings (SSSR count). The third kappa shape index (κ3) is 20.8. The fraction of sp³-hybridized carbons (Fsp3) is 0.720. The standard InChI is InChI=1S/C25H41N2O3.BF4/c1-3-5-6-7-8-9-10-11-12-13-14-15-16-17-20-30-25(28)22-18-19-24(29-4-2)23(21-22)27-26;2-1(3,4)5/h18-19,21H,3-17,20H2,1-2H3;/q+1;-1. The molecule has 5 nitrogen and oxygen atoms in total. The summed E-state index contributed by atoms with van der Waals surface area (Å²) in [6.45, 7) is 5.00. The number of ether oxygens (including phenoxy) is 2. The summed E-state index contributed by atoms with van der Waals surface area (Å²) < 4.78 is 49.7. The van der Waals surface area contributed by atoms with Crippen molar-refractivity contribution in [1.29, 1.82) is 5.39 Å². The van der Waals surface area contributed by atoms with E-state index in [0.717, 1.165) is 12.8 Å². The van der Waals surface area contributed by atoms with E-state index in [1.807, 2.05) is 6.92 Å². The first-order valence-corrected chi connectivity index (χ1v) is 12.9. The molecule has 0 heterocycles. The zero-order valence-electron chi connectivity index (χ0n) is 21.3. The normalized spacial score (nSPS) is 10.8. The molecule has 0 fully saturated rings. The van der Waals surface area contributed by atoms with E-state index in [0.29, 0.717) is 24.5 Å². The second kappa shape index (κ2) is 21.0. The van der Waals surface area contributed by atoms with Crippen LogP contribution in [-0.2, 0) is 4.74 Å². The van der Waals surface area contributed by atoms with E-state index in [1.165, 1.54) is 83.1 Å². The van der Waals surface area contributed by atoms with Crippen molar-refractivity contribution in [1.82, 2.24) is 0 Å². The average molecular weight is 504 g/mol. The van der Waals surface area contributed by atoms with Gasteiger partial charge < -0.3 is 26.7 Å². The van der Waals surface area contributed by atoms with Crippen LogP contribution >= 0.6 is 0 Å². The van der Waals surface area contributed by atoms with Crippen LogP contribution in [0.5, 0.6) is 5.75 Å². The van der Waals surface area contributed by atoms with Gasteiger partial charge in [0.2, 0.25) is 11.1 Å². The minimum atomic E-state index is -6.00. The van der Waals surface area contributed by atoms with E-state index in [1.54, 1.807) is 12.1 Å². The molecule has 0 aliphatic heterocycles. The molecule has 0 unspecified atom stereocenters. The van der Waals surface area contributed by atoms with Crippen LogP contribution < -0.4 is 4.74 Å². The third-order valence-electron chi connectivity index (χ3n) is 5.33. The Balaban J connectivity index is 0.00000209. The van der Waals surface area contributed by atoms with Gasteiger partial charge >= 0.3 is 18.9 Å². The van der Waals surface area contributed by atoms with Gasteiger partial charge in [-0.2, -0.15) is 0 Å². The minimum absolute atomic E-state index is 0.239. The molecule has 0 radical (unpaired) electrons. The molecule has 0 spiro atoms. The first kappa shape index (κ1) is 32.7. The van der Waals surface area contributed by atoms with Gasteiger partial charge in [-0.1, -0.05) is 90.4 Å². The number of rotatable bonds is 18. The molecular weight excluding hydrogens is 463 g/mol. The molecule has 0 amide bonds. The molecule has 0 atom stereocenters. The first-order chi connectivity index (χ1) is 16.7. The molecule has 0 aliphatic carbocycles. The Morgan fingerprint density at radius 1 is 0.829 bits per heavy atom. The maximum absolute atomic E-state index is 12.1. The number of nitrogens with zero attached hydrogens (tertiary/aromatic N) is 2. The lowest BCUT2D eigenvalue weighted by molar-refractivity contribution is 0.0497. The lowest BCUT2D eigenvalue weighted by Crippen LogP contribution is -2.06. The summed E-state index contributed by atoms with van der Waals surface area (Å²) in [6, 6.07) is 4.74. The van der Waals surface area contributed by atoms with Crippen molar-refractivity contribution in [2.45, 2.75) is 104 Å². The Bertz CT molecular complexity index is 722. The molecule has 0 saturated carbocycles. The Kier molecular flexibility index (Phi) is 19.6. The lowest BCUT2D eigenvalue weighted by atomic mass is 10.0. The highest BCUT2D eigenvalue weighted by atomic mass is 19.5. The van der Waals surface area contributed by atoms with E-state index >= 15 is 0 Å². The summed E-state index contributed by atoms with van der Waals surface area (Å²) in [4.78, 5) is 15.3. The maximum atomic E-state index is 12.1. The van der Waals surface area contributed by atoms with Crippen LogP contribution in [0.3, 0.4) is 0 Å². The highest BCUT2D eigenvalue weighted by Crippen LogP contribution is 2.29. The minimum Gasteiger partial charge on any atom is -0.486 e. The van der Waals surface area contributed by atoms with Crippen molar-refractivity contribution in [3.05, 3.63) is 28.7 Å². The molecule has 35 heavy (non-hydrogen) atoms. The molecule has 0 aliphatic rings. The van der Waals surface area contributed by atoms with Crippen molar-refractivity contribution < 1.29 is 31.5 Å². The van der Waals surface area contributed by atoms with Gasteiger partial charge in [0.1, 0.15) is 0 Å². The summed E-state index contributed by atoms with van der Waals surface area (Å²) in [6.07, 6.45) is 18.2. The molecular formula is C25H41BF4N2O3. The number of halogens is 4. The van der Waals surface area contributed by atoms with Crippen molar-refractivity contribution in [2.75, 3.05) is 13.2 Å². The number of hydrogen-bond acceptors (Lipinski definition) is 4. The van der Waals surface area contributed by atoms with Gasteiger partial charge in [-0.15, -0.1) is 0 Å².